The molecule has 0 atom stereocenters. The van der Waals surface area contributed by atoms with Crippen LogP contribution in [0, 0.1) is 13.8 Å². The minimum absolute atomic E-state index is 0.642. The zero-order valence-electron chi connectivity index (χ0n) is 17.0. The summed E-state index contributed by atoms with van der Waals surface area (Å²) in [5.74, 6) is 2.06. The van der Waals surface area contributed by atoms with Crippen molar-refractivity contribution < 1.29 is 14.2 Å². The maximum absolute atomic E-state index is 5.48. The Labute approximate surface area is 162 Å². The molecule has 1 saturated heterocycles. The topological polar surface area (TPSA) is 34.2 Å². The second-order valence-electron chi connectivity index (χ2n) is 7.02. The number of nitrogens with zero attached hydrogens (tertiary/aromatic N) is 2. The van der Waals surface area contributed by atoms with Crippen molar-refractivity contribution in [1.82, 2.24) is 4.90 Å². The number of piperazine rings is 1. The van der Waals surface area contributed by atoms with Gasteiger partial charge in [-0.05, 0) is 48.7 Å². The Bertz CT molecular complexity index is 758. The molecule has 1 fully saturated rings. The largest absolute Gasteiger partial charge is 0.493 e. The van der Waals surface area contributed by atoms with Crippen LogP contribution in [0.2, 0.25) is 0 Å². The van der Waals surface area contributed by atoms with Crippen LogP contribution in [0.5, 0.6) is 17.2 Å². The van der Waals surface area contributed by atoms with Crippen LogP contribution in [0.1, 0.15) is 16.7 Å². The molecule has 0 spiro atoms. The van der Waals surface area contributed by atoms with Crippen LogP contribution in [0.3, 0.4) is 0 Å². The Morgan fingerprint density at radius 3 is 2.04 bits per heavy atom. The van der Waals surface area contributed by atoms with E-state index < -0.39 is 0 Å². The Balaban J connectivity index is 1.68. The molecule has 3 rings (SSSR count). The third kappa shape index (κ3) is 4.14. The molecule has 1 aliphatic heterocycles. The zero-order chi connectivity index (χ0) is 19.4. The third-order valence-electron chi connectivity index (χ3n) is 5.42. The molecule has 0 radical (unpaired) electrons. The highest BCUT2D eigenvalue weighted by molar-refractivity contribution is 5.56. The van der Waals surface area contributed by atoms with E-state index in [-0.39, 0.29) is 0 Å². The first-order valence-electron chi connectivity index (χ1n) is 9.39. The van der Waals surface area contributed by atoms with Gasteiger partial charge >= 0.3 is 0 Å². The second-order valence-corrected chi connectivity index (χ2v) is 7.02. The monoisotopic (exact) mass is 370 g/mol. The highest BCUT2D eigenvalue weighted by Crippen LogP contribution is 2.38. The number of methoxy groups -OCH3 is 3. The van der Waals surface area contributed by atoms with Crippen molar-refractivity contribution in [2.75, 3.05) is 52.4 Å². The normalized spacial score (nSPS) is 14.9. The van der Waals surface area contributed by atoms with Crippen LogP contribution in [0.4, 0.5) is 5.69 Å². The molecule has 5 heteroatoms. The summed E-state index contributed by atoms with van der Waals surface area (Å²) in [6.45, 7) is 9.40. The smallest absolute Gasteiger partial charge is 0.203 e. The first-order valence-corrected chi connectivity index (χ1v) is 9.39. The summed E-state index contributed by atoms with van der Waals surface area (Å²) in [4.78, 5) is 4.97. The lowest BCUT2D eigenvalue weighted by atomic mass is 10.1. The van der Waals surface area contributed by atoms with Gasteiger partial charge in [-0.15, -0.1) is 0 Å². The molecule has 5 nitrogen and oxygen atoms in total. The molecule has 0 unspecified atom stereocenters. The minimum atomic E-state index is 0.642. The molecule has 27 heavy (non-hydrogen) atoms. The predicted molar refractivity (Wildman–Crippen MR) is 110 cm³/mol. The summed E-state index contributed by atoms with van der Waals surface area (Å²) < 4.78 is 16.4. The molecular formula is C22H30N2O3. The summed E-state index contributed by atoms with van der Waals surface area (Å²) in [6, 6.07) is 10.6. The standard InChI is InChI=1S/C22H30N2O3/c1-16-7-6-8-19(17(16)2)24-11-9-23(10-12-24)15-18-13-20(25-3)22(27-5)21(14-18)26-4/h6-8,13-14H,9-12,15H2,1-5H3. The van der Waals surface area contributed by atoms with Gasteiger partial charge < -0.3 is 19.1 Å². The molecule has 2 aromatic rings. The first kappa shape index (κ1) is 19.4. The third-order valence-corrected chi connectivity index (χ3v) is 5.42. The van der Waals surface area contributed by atoms with Crippen LogP contribution in [0.25, 0.3) is 0 Å². The van der Waals surface area contributed by atoms with Crippen LogP contribution in [-0.4, -0.2) is 52.4 Å². The van der Waals surface area contributed by atoms with Gasteiger partial charge in [-0.3, -0.25) is 4.90 Å². The number of benzene rings is 2. The van der Waals surface area contributed by atoms with Gasteiger partial charge in [0, 0.05) is 38.4 Å². The van der Waals surface area contributed by atoms with Crippen LogP contribution >= 0.6 is 0 Å². The fourth-order valence-electron chi connectivity index (χ4n) is 3.71. The average molecular weight is 370 g/mol. The van der Waals surface area contributed by atoms with Crippen LogP contribution in [-0.2, 0) is 6.54 Å². The van der Waals surface area contributed by atoms with Gasteiger partial charge in [0.05, 0.1) is 21.3 Å². The van der Waals surface area contributed by atoms with Crippen LogP contribution < -0.4 is 19.1 Å². The van der Waals surface area contributed by atoms with E-state index in [4.69, 9.17) is 14.2 Å². The van der Waals surface area contributed by atoms with Gasteiger partial charge in [0.1, 0.15) is 0 Å². The maximum atomic E-state index is 5.48. The molecular weight excluding hydrogens is 340 g/mol. The molecule has 1 heterocycles. The lowest BCUT2D eigenvalue weighted by Crippen LogP contribution is -2.46. The number of aryl methyl sites for hydroxylation is 1. The van der Waals surface area contributed by atoms with Gasteiger partial charge in [0.2, 0.25) is 5.75 Å². The molecule has 2 aromatic carbocycles. The summed E-state index contributed by atoms with van der Waals surface area (Å²) >= 11 is 0. The minimum Gasteiger partial charge on any atom is -0.493 e. The van der Waals surface area contributed by atoms with Gasteiger partial charge in [-0.25, -0.2) is 0 Å². The number of hydrogen-bond donors (Lipinski definition) is 0. The lowest BCUT2D eigenvalue weighted by Gasteiger charge is -2.37. The molecule has 146 valence electrons. The molecule has 0 N–H and O–H groups in total. The number of rotatable bonds is 6. The van der Waals surface area contributed by atoms with Crippen molar-refractivity contribution in [3.63, 3.8) is 0 Å². The highest BCUT2D eigenvalue weighted by atomic mass is 16.5. The van der Waals surface area contributed by atoms with E-state index in [9.17, 15) is 0 Å². The van der Waals surface area contributed by atoms with Crippen molar-refractivity contribution in [1.29, 1.82) is 0 Å². The number of ether oxygens (including phenoxy) is 3. The fourth-order valence-corrected chi connectivity index (χ4v) is 3.71. The molecule has 0 aliphatic carbocycles. The Morgan fingerprint density at radius 2 is 1.48 bits per heavy atom. The van der Waals surface area contributed by atoms with Crippen molar-refractivity contribution >= 4 is 5.69 Å². The lowest BCUT2D eigenvalue weighted by molar-refractivity contribution is 0.248. The maximum Gasteiger partial charge on any atom is 0.203 e. The van der Waals surface area contributed by atoms with E-state index in [1.807, 2.05) is 12.1 Å². The average Bonchev–Trinajstić information content (AvgIpc) is 2.70. The quantitative estimate of drug-likeness (QED) is 0.775. The predicted octanol–water partition coefficient (Wildman–Crippen LogP) is 3.65. The van der Waals surface area contributed by atoms with Gasteiger partial charge in [0.15, 0.2) is 11.5 Å². The number of anilines is 1. The van der Waals surface area contributed by atoms with E-state index in [2.05, 4.69) is 41.8 Å². The molecule has 0 amide bonds. The van der Waals surface area contributed by atoms with Crippen molar-refractivity contribution in [2.24, 2.45) is 0 Å². The Hall–Kier alpha value is -2.40. The van der Waals surface area contributed by atoms with E-state index >= 15 is 0 Å². The molecule has 1 aliphatic rings. The highest BCUT2D eigenvalue weighted by Gasteiger charge is 2.20. The summed E-state index contributed by atoms with van der Waals surface area (Å²) in [7, 11) is 4.95. The van der Waals surface area contributed by atoms with E-state index in [0.717, 1.165) is 32.7 Å². The SMILES string of the molecule is COc1cc(CN2CCN(c3cccc(C)c3C)CC2)cc(OC)c1OC. The molecule has 0 bridgehead atoms. The van der Waals surface area contributed by atoms with Gasteiger partial charge in [0.25, 0.3) is 0 Å². The molecule has 0 aromatic heterocycles. The van der Waals surface area contributed by atoms with Gasteiger partial charge in [-0.2, -0.15) is 0 Å². The summed E-state index contributed by atoms with van der Waals surface area (Å²) in [6.07, 6.45) is 0. The van der Waals surface area contributed by atoms with E-state index in [0.29, 0.717) is 17.2 Å². The van der Waals surface area contributed by atoms with E-state index in [1.54, 1.807) is 21.3 Å². The Morgan fingerprint density at radius 1 is 0.852 bits per heavy atom. The van der Waals surface area contributed by atoms with Crippen molar-refractivity contribution in [3.05, 3.63) is 47.0 Å². The summed E-state index contributed by atoms with van der Waals surface area (Å²) in [5, 5.41) is 0. The summed E-state index contributed by atoms with van der Waals surface area (Å²) in [5.41, 5.74) is 5.27. The first-order chi connectivity index (χ1) is 13.1. The van der Waals surface area contributed by atoms with Crippen molar-refractivity contribution in [3.8, 4) is 17.2 Å². The second kappa shape index (κ2) is 8.53. The Kier molecular flexibility index (Phi) is 6.11. The van der Waals surface area contributed by atoms with Crippen molar-refractivity contribution in [2.45, 2.75) is 20.4 Å². The fraction of sp³-hybridized carbons (Fsp3) is 0.455. The number of hydrogen-bond acceptors (Lipinski definition) is 5. The molecule has 0 saturated carbocycles. The van der Waals surface area contributed by atoms with Crippen LogP contribution in [0.15, 0.2) is 30.3 Å². The van der Waals surface area contributed by atoms with Gasteiger partial charge in [-0.1, -0.05) is 12.1 Å². The van der Waals surface area contributed by atoms with E-state index in [1.165, 1.54) is 22.4 Å². The zero-order valence-corrected chi connectivity index (χ0v) is 17.0.